The van der Waals surface area contributed by atoms with Gasteiger partial charge in [-0.2, -0.15) is 0 Å². The van der Waals surface area contributed by atoms with E-state index in [0.717, 1.165) is 28.7 Å². The van der Waals surface area contributed by atoms with Crippen molar-refractivity contribution in [2.75, 3.05) is 5.73 Å². The van der Waals surface area contributed by atoms with Gasteiger partial charge in [-0.1, -0.05) is 0 Å². The molecular weight excluding hydrogens is 246 g/mol. The van der Waals surface area contributed by atoms with Crippen LogP contribution in [-0.4, -0.2) is 5.78 Å². The number of anilines is 1. The number of nitrogens with two attached hydrogens (primary N) is 1. The highest BCUT2D eigenvalue weighted by Gasteiger charge is 2.50. The molecule has 0 saturated heterocycles. The van der Waals surface area contributed by atoms with E-state index >= 15 is 0 Å². The summed E-state index contributed by atoms with van der Waals surface area (Å²) < 4.78 is 0. The summed E-state index contributed by atoms with van der Waals surface area (Å²) in [6.07, 6.45) is 6.65. The standard InChI is InChI=1S/C18H23NO/c1-10-4-15(19)2-3-16(10)18(20)17-13-6-11-5-12(8-13)9-14(17)7-11/h2-4,11-14,17H,5-9,19H2,1H3. The van der Waals surface area contributed by atoms with Crippen LogP contribution in [0.5, 0.6) is 0 Å². The predicted molar refractivity (Wildman–Crippen MR) is 80.5 cm³/mol. The Morgan fingerprint density at radius 1 is 1.05 bits per heavy atom. The van der Waals surface area contributed by atoms with Crippen LogP contribution in [0.1, 0.15) is 48.0 Å². The first-order valence-electron chi connectivity index (χ1n) is 8.02. The number of aryl methyl sites for hydroxylation is 1. The topological polar surface area (TPSA) is 43.1 Å². The molecule has 0 unspecified atom stereocenters. The average molecular weight is 269 g/mol. The summed E-state index contributed by atoms with van der Waals surface area (Å²) in [5.41, 5.74) is 8.52. The van der Waals surface area contributed by atoms with Gasteiger partial charge in [0.15, 0.2) is 5.78 Å². The highest BCUT2D eigenvalue weighted by molar-refractivity contribution is 6.00. The normalized spacial score (nSPS) is 38.1. The number of carbonyl (C=O) groups excluding carboxylic acids is 1. The molecule has 0 aromatic heterocycles. The minimum atomic E-state index is 0.296. The summed E-state index contributed by atoms with van der Waals surface area (Å²) in [6.45, 7) is 2.01. The van der Waals surface area contributed by atoms with Crippen molar-refractivity contribution in [3.05, 3.63) is 29.3 Å². The number of hydrogen-bond acceptors (Lipinski definition) is 2. The minimum absolute atomic E-state index is 0.296. The second-order valence-electron chi connectivity index (χ2n) is 7.40. The van der Waals surface area contributed by atoms with Crippen molar-refractivity contribution < 1.29 is 4.79 Å². The molecule has 4 saturated carbocycles. The van der Waals surface area contributed by atoms with Gasteiger partial charge in [0.1, 0.15) is 0 Å². The van der Waals surface area contributed by atoms with Crippen LogP contribution >= 0.6 is 0 Å². The summed E-state index contributed by atoms with van der Waals surface area (Å²) >= 11 is 0. The molecule has 4 bridgehead atoms. The van der Waals surface area contributed by atoms with Gasteiger partial charge in [0, 0.05) is 17.2 Å². The van der Waals surface area contributed by atoms with E-state index in [2.05, 4.69) is 0 Å². The fourth-order valence-corrected chi connectivity index (χ4v) is 5.50. The molecule has 0 amide bonds. The third-order valence-electron chi connectivity index (χ3n) is 6.05. The van der Waals surface area contributed by atoms with Gasteiger partial charge >= 0.3 is 0 Å². The van der Waals surface area contributed by atoms with Crippen LogP contribution in [0, 0.1) is 36.5 Å². The molecule has 4 fully saturated rings. The van der Waals surface area contributed by atoms with Crippen LogP contribution in [0.15, 0.2) is 18.2 Å². The van der Waals surface area contributed by atoms with Crippen LogP contribution in [0.2, 0.25) is 0 Å². The molecule has 1 aromatic carbocycles. The summed E-state index contributed by atoms with van der Waals surface area (Å²) in [4.78, 5) is 13.0. The molecule has 4 aliphatic rings. The van der Waals surface area contributed by atoms with Crippen LogP contribution in [0.4, 0.5) is 5.69 Å². The van der Waals surface area contributed by atoms with E-state index in [1.807, 2.05) is 25.1 Å². The zero-order chi connectivity index (χ0) is 13.9. The number of rotatable bonds is 2. The van der Waals surface area contributed by atoms with Crippen molar-refractivity contribution in [1.29, 1.82) is 0 Å². The molecule has 106 valence electrons. The molecule has 0 spiro atoms. The maximum Gasteiger partial charge on any atom is 0.166 e. The Labute approximate surface area is 120 Å². The van der Waals surface area contributed by atoms with Crippen LogP contribution in [-0.2, 0) is 0 Å². The third-order valence-corrected chi connectivity index (χ3v) is 6.05. The monoisotopic (exact) mass is 269 g/mol. The van der Waals surface area contributed by atoms with Gasteiger partial charge in [-0.15, -0.1) is 0 Å². The van der Waals surface area contributed by atoms with Gasteiger partial charge in [0.05, 0.1) is 0 Å². The number of Topliss-reactive ketones (excluding diaryl/α,β-unsaturated/α-hetero) is 1. The van der Waals surface area contributed by atoms with Crippen molar-refractivity contribution in [2.45, 2.75) is 39.0 Å². The Morgan fingerprint density at radius 2 is 1.65 bits per heavy atom. The molecule has 4 aliphatic carbocycles. The lowest BCUT2D eigenvalue weighted by atomic mass is 9.51. The maximum absolute atomic E-state index is 13.0. The molecule has 0 atom stereocenters. The minimum Gasteiger partial charge on any atom is -0.399 e. The van der Waals surface area contributed by atoms with E-state index in [4.69, 9.17) is 5.73 Å². The molecule has 2 heteroatoms. The van der Waals surface area contributed by atoms with Crippen molar-refractivity contribution in [2.24, 2.45) is 29.6 Å². The Morgan fingerprint density at radius 3 is 2.20 bits per heavy atom. The summed E-state index contributed by atoms with van der Waals surface area (Å²) in [6, 6.07) is 5.75. The highest BCUT2D eigenvalue weighted by Crippen LogP contribution is 2.57. The first-order valence-corrected chi connectivity index (χ1v) is 8.02. The summed E-state index contributed by atoms with van der Waals surface area (Å²) in [5.74, 6) is 3.87. The van der Waals surface area contributed by atoms with E-state index in [0.29, 0.717) is 23.5 Å². The lowest BCUT2D eigenvalue weighted by molar-refractivity contribution is -0.0251. The smallest absolute Gasteiger partial charge is 0.166 e. The van der Waals surface area contributed by atoms with Crippen LogP contribution < -0.4 is 5.73 Å². The Hall–Kier alpha value is -1.31. The third kappa shape index (κ3) is 1.81. The van der Waals surface area contributed by atoms with E-state index in [-0.39, 0.29) is 0 Å². The summed E-state index contributed by atoms with van der Waals surface area (Å²) in [7, 11) is 0. The lowest BCUT2D eigenvalue weighted by Crippen LogP contribution is -2.48. The van der Waals surface area contributed by atoms with E-state index < -0.39 is 0 Å². The van der Waals surface area contributed by atoms with E-state index in [1.165, 1.54) is 32.1 Å². The molecule has 2 N–H and O–H groups in total. The zero-order valence-electron chi connectivity index (χ0n) is 12.1. The van der Waals surface area contributed by atoms with Gasteiger partial charge in [0.25, 0.3) is 0 Å². The molecule has 0 heterocycles. The van der Waals surface area contributed by atoms with Gasteiger partial charge in [-0.25, -0.2) is 0 Å². The van der Waals surface area contributed by atoms with E-state index in [1.54, 1.807) is 0 Å². The molecule has 0 radical (unpaired) electrons. The van der Waals surface area contributed by atoms with Gasteiger partial charge in [0.2, 0.25) is 0 Å². The molecule has 2 nitrogen and oxygen atoms in total. The molecular formula is C18H23NO. The molecule has 5 rings (SSSR count). The SMILES string of the molecule is Cc1cc(N)ccc1C(=O)C1C2CC3CC(C2)CC1C3. The number of benzene rings is 1. The fraction of sp³-hybridized carbons (Fsp3) is 0.611. The van der Waals surface area contributed by atoms with E-state index in [9.17, 15) is 4.79 Å². The Bertz CT molecular complexity index is 535. The van der Waals surface area contributed by atoms with Gasteiger partial charge in [-0.05, 0) is 86.5 Å². The number of nitrogen functional groups attached to an aromatic ring is 1. The second-order valence-corrected chi connectivity index (χ2v) is 7.40. The summed E-state index contributed by atoms with van der Waals surface area (Å²) in [5, 5.41) is 0. The number of hydrogen-bond donors (Lipinski definition) is 1. The number of carbonyl (C=O) groups is 1. The molecule has 20 heavy (non-hydrogen) atoms. The quantitative estimate of drug-likeness (QED) is 0.655. The second kappa shape index (κ2) is 4.34. The first kappa shape index (κ1) is 12.4. The largest absolute Gasteiger partial charge is 0.399 e. The Kier molecular flexibility index (Phi) is 2.70. The fourth-order valence-electron chi connectivity index (χ4n) is 5.50. The molecule has 0 aliphatic heterocycles. The van der Waals surface area contributed by atoms with Gasteiger partial charge in [-0.3, -0.25) is 4.79 Å². The van der Waals surface area contributed by atoms with Crippen molar-refractivity contribution in [1.82, 2.24) is 0 Å². The maximum atomic E-state index is 13.0. The number of ketones is 1. The predicted octanol–water partition coefficient (Wildman–Crippen LogP) is 3.83. The Balaban J connectivity index is 1.65. The van der Waals surface area contributed by atoms with Gasteiger partial charge < -0.3 is 5.73 Å². The zero-order valence-corrected chi connectivity index (χ0v) is 12.1. The van der Waals surface area contributed by atoms with Crippen molar-refractivity contribution >= 4 is 11.5 Å². The lowest BCUT2D eigenvalue weighted by Gasteiger charge is -2.53. The van der Waals surface area contributed by atoms with Crippen LogP contribution in [0.3, 0.4) is 0 Å². The van der Waals surface area contributed by atoms with Crippen molar-refractivity contribution in [3.8, 4) is 0 Å². The van der Waals surface area contributed by atoms with Crippen LogP contribution in [0.25, 0.3) is 0 Å². The average Bonchev–Trinajstić information content (AvgIpc) is 2.37. The molecule has 1 aromatic rings. The highest BCUT2D eigenvalue weighted by atomic mass is 16.1. The first-order chi connectivity index (χ1) is 9.61. The van der Waals surface area contributed by atoms with Crippen molar-refractivity contribution in [3.63, 3.8) is 0 Å².